The highest BCUT2D eigenvalue weighted by atomic mass is 16.2. The first-order valence-corrected chi connectivity index (χ1v) is 8.53. The second-order valence-electron chi connectivity index (χ2n) is 5.43. The van der Waals surface area contributed by atoms with Crippen molar-refractivity contribution in [3.63, 3.8) is 0 Å². The maximum atomic E-state index is 7.88. The van der Waals surface area contributed by atoms with E-state index in [1.807, 2.05) is 6.92 Å². The number of hydrazine groups is 1. The van der Waals surface area contributed by atoms with Crippen LogP contribution in [0.2, 0.25) is 0 Å². The van der Waals surface area contributed by atoms with Gasteiger partial charge in [-0.2, -0.15) is 0 Å². The van der Waals surface area contributed by atoms with Gasteiger partial charge in [0, 0.05) is 15.5 Å². The molecular formula is C16H45N3O2. The molecule has 0 aromatic heterocycles. The third kappa shape index (κ3) is 25.1. The number of aliphatic hydroxyl groups excluding tert-OH is 1. The zero-order valence-electron chi connectivity index (χ0n) is 14.4. The molecule has 1 saturated carbocycles. The van der Waals surface area contributed by atoms with Crippen LogP contribution in [0.15, 0.2) is 0 Å². The molecule has 0 atom stereocenters. The summed E-state index contributed by atoms with van der Waals surface area (Å²) in [5, 5.41) is 7.88. The molecule has 1 aliphatic carbocycles. The zero-order valence-corrected chi connectivity index (χ0v) is 14.4. The molecule has 0 unspecified atom stereocenters. The van der Waals surface area contributed by atoms with Crippen LogP contribution in [0, 0.1) is 0 Å². The fourth-order valence-corrected chi connectivity index (χ4v) is 2.02. The molecule has 0 heterocycles. The van der Waals surface area contributed by atoms with Crippen LogP contribution in [0.5, 0.6) is 0 Å². The minimum atomic E-state index is 0. The van der Waals surface area contributed by atoms with Crippen LogP contribution in [0.1, 0.15) is 87.3 Å². The van der Waals surface area contributed by atoms with Gasteiger partial charge in [-0.1, -0.05) is 58.8 Å². The molecule has 0 saturated heterocycles. The molecule has 0 spiro atoms. The van der Waals surface area contributed by atoms with Crippen molar-refractivity contribution in [3.8, 4) is 0 Å². The summed E-state index contributed by atoms with van der Waals surface area (Å²) in [6, 6.07) is 0.615. The standard InChI is InChI=1S/C7H17N.C6H14N2.C3H8O.H2O.2H2/c1-2-3-4-5-6-7-8;7-8-6-4-2-1-3-5-6;1-2-3-4;;;/h2-8H2,1H3;6,8H,1-5,7H2;4H,2-3H2,1H3;1H2;2*1H. The molecular weight excluding hydrogens is 266 g/mol. The molecule has 1 fully saturated rings. The highest BCUT2D eigenvalue weighted by molar-refractivity contribution is 4.68. The molecule has 0 aliphatic heterocycles. The van der Waals surface area contributed by atoms with Gasteiger partial charge in [-0.25, -0.2) is 0 Å². The van der Waals surface area contributed by atoms with Crippen molar-refractivity contribution in [2.45, 2.75) is 90.5 Å². The Kier molecular flexibility index (Phi) is 30.4. The molecule has 136 valence electrons. The molecule has 0 radical (unpaired) electrons. The van der Waals surface area contributed by atoms with Gasteiger partial charge in [0.1, 0.15) is 0 Å². The zero-order chi connectivity index (χ0) is 15.5. The van der Waals surface area contributed by atoms with Crippen molar-refractivity contribution >= 4 is 0 Å². The topological polar surface area (TPSA) is 116 Å². The molecule has 0 aromatic rings. The van der Waals surface area contributed by atoms with E-state index >= 15 is 0 Å². The van der Waals surface area contributed by atoms with Crippen LogP contribution in [-0.2, 0) is 0 Å². The summed E-state index contributed by atoms with van der Waals surface area (Å²) in [5.74, 6) is 5.25. The lowest BCUT2D eigenvalue weighted by Crippen LogP contribution is -2.36. The number of hydrogen-bond donors (Lipinski definition) is 4. The van der Waals surface area contributed by atoms with Gasteiger partial charge in [-0.15, -0.1) is 0 Å². The van der Waals surface area contributed by atoms with Crippen LogP contribution in [0.4, 0.5) is 0 Å². The first kappa shape index (κ1) is 25.7. The average molecular weight is 312 g/mol. The predicted molar refractivity (Wildman–Crippen MR) is 97.2 cm³/mol. The van der Waals surface area contributed by atoms with Crippen LogP contribution in [-0.4, -0.2) is 29.8 Å². The Morgan fingerprint density at radius 2 is 1.52 bits per heavy atom. The van der Waals surface area contributed by atoms with Gasteiger partial charge >= 0.3 is 0 Å². The van der Waals surface area contributed by atoms with E-state index in [0.29, 0.717) is 12.6 Å². The fourth-order valence-electron chi connectivity index (χ4n) is 2.02. The Labute approximate surface area is 135 Å². The van der Waals surface area contributed by atoms with Gasteiger partial charge < -0.3 is 16.3 Å². The molecule has 0 bridgehead atoms. The lowest BCUT2D eigenvalue weighted by Gasteiger charge is -2.19. The smallest absolute Gasteiger partial charge is 0.0428 e. The maximum Gasteiger partial charge on any atom is 0.0428 e. The average Bonchev–Trinajstić information content (AvgIpc) is 2.53. The summed E-state index contributed by atoms with van der Waals surface area (Å²) in [5.41, 5.74) is 8.11. The Bertz CT molecular complexity index is 156. The van der Waals surface area contributed by atoms with E-state index in [4.69, 9.17) is 16.7 Å². The van der Waals surface area contributed by atoms with E-state index in [9.17, 15) is 0 Å². The number of nitrogens with two attached hydrogens (primary N) is 2. The minimum absolute atomic E-state index is 0. The van der Waals surface area contributed by atoms with Gasteiger partial charge in [0.15, 0.2) is 0 Å². The number of nitrogens with one attached hydrogen (secondary N) is 1. The molecule has 5 heteroatoms. The van der Waals surface area contributed by atoms with Crippen molar-refractivity contribution in [1.29, 1.82) is 0 Å². The third-order valence-corrected chi connectivity index (χ3v) is 3.37. The highest BCUT2D eigenvalue weighted by Crippen LogP contribution is 2.16. The summed E-state index contributed by atoms with van der Waals surface area (Å²) in [4.78, 5) is 0. The Hall–Kier alpha value is -0.200. The molecule has 1 rings (SSSR count). The number of rotatable bonds is 7. The molecule has 0 aromatic carbocycles. The normalized spacial score (nSPS) is 14.1. The second-order valence-corrected chi connectivity index (χ2v) is 5.43. The molecule has 0 amide bonds. The van der Waals surface area contributed by atoms with E-state index in [1.165, 1.54) is 64.2 Å². The molecule has 21 heavy (non-hydrogen) atoms. The number of unbranched alkanes of at least 4 members (excludes halogenated alkanes) is 4. The monoisotopic (exact) mass is 311 g/mol. The van der Waals surface area contributed by atoms with E-state index in [2.05, 4.69) is 12.3 Å². The van der Waals surface area contributed by atoms with Crippen molar-refractivity contribution in [1.82, 2.24) is 5.43 Å². The van der Waals surface area contributed by atoms with E-state index in [-0.39, 0.29) is 8.33 Å². The van der Waals surface area contributed by atoms with Crippen molar-refractivity contribution < 1.29 is 13.4 Å². The van der Waals surface area contributed by atoms with Crippen LogP contribution >= 0.6 is 0 Å². The lowest BCUT2D eigenvalue weighted by atomic mass is 9.96. The molecule has 5 nitrogen and oxygen atoms in total. The third-order valence-electron chi connectivity index (χ3n) is 3.37. The fraction of sp³-hybridized carbons (Fsp3) is 1.00. The Morgan fingerprint density at radius 1 is 1.00 bits per heavy atom. The predicted octanol–water partition coefficient (Wildman–Crippen LogP) is 2.75. The van der Waals surface area contributed by atoms with Gasteiger partial charge in [-0.05, 0) is 32.2 Å². The summed E-state index contributed by atoms with van der Waals surface area (Å²) in [6.07, 6.45) is 14.1. The van der Waals surface area contributed by atoms with E-state index in [1.54, 1.807) is 0 Å². The largest absolute Gasteiger partial charge is 0.412 e. The van der Waals surface area contributed by atoms with Crippen LogP contribution in [0.25, 0.3) is 0 Å². The summed E-state index contributed by atoms with van der Waals surface area (Å²) in [7, 11) is 0. The van der Waals surface area contributed by atoms with Gasteiger partial charge in [0.05, 0.1) is 0 Å². The van der Waals surface area contributed by atoms with Gasteiger partial charge in [0.25, 0.3) is 0 Å². The van der Waals surface area contributed by atoms with E-state index in [0.717, 1.165) is 13.0 Å². The maximum absolute atomic E-state index is 7.88. The first-order chi connectivity index (χ1) is 9.76. The number of aliphatic hydroxyl groups is 1. The summed E-state index contributed by atoms with van der Waals surface area (Å²) < 4.78 is 0. The Balaban J connectivity index is -0.0000000695. The quantitative estimate of drug-likeness (QED) is 0.328. The van der Waals surface area contributed by atoms with Crippen LogP contribution in [0.3, 0.4) is 0 Å². The van der Waals surface area contributed by atoms with Crippen molar-refractivity contribution in [2.24, 2.45) is 11.6 Å². The molecule has 1 aliphatic rings. The second kappa shape index (κ2) is 24.8. The SMILES string of the molecule is CCCCCCCN.CCCO.NNC1CCCCC1.O.[HH].[HH]. The summed E-state index contributed by atoms with van der Waals surface area (Å²) in [6.45, 7) is 5.34. The van der Waals surface area contributed by atoms with Crippen LogP contribution < -0.4 is 17.0 Å². The van der Waals surface area contributed by atoms with Gasteiger partial charge in [0.2, 0.25) is 0 Å². The minimum Gasteiger partial charge on any atom is -0.412 e. The van der Waals surface area contributed by atoms with E-state index < -0.39 is 0 Å². The lowest BCUT2D eigenvalue weighted by molar-refractivity contribution is 0.295. The Morgan fingerprint density at radius 3 is 1.86 bits per heavy atom. The highest BCUT2D eigenvalue weighted by Gasteiger charge is 2.09. The molecule has 8 N–H and O–H groups in total. The van der Waals surface area contributed by atoms with Gasteiger partial charge in [-0.3, -0.25) is 11.3 Å². The van der Waals surface area contributed by atoms with Crippen molar-refractivity contribution in [2.75, 3.05) is 13.2 Å². The van der Waals surface area contributed by atoms with Crippen molar-refractivity contribution in [3.05, 3.63) is 0 Å². The number of hydrogen-bond acceptors (Lipinski definition) is 4. The first-order valence-electron chi connectivity index (χ1n) is 8.53. The summed E-state index contributed by atoms with van der Waals surface area (Å²) >= 11 is 0.